The Balaban J connectivity index is 2.93. The fourth-order valence-corrected chi connectivity index (χ4v) is 1.18. The number of methoxy groups -OCH3 is 1. The van der Waals surface area contributed by atoms with Crippen molar-refractivity contribution in [3.63, 3.8) is 0 Å². The quantitative estimate of drug-likeness (QED) is 0.740. The first-order chi connectivity index (χ1) is 6.15. The van der Waals surface area contributed by atoms with Gasteiger partial charge in [0.2, 0.25) is 0 Å². The molecule has 0 aliphatic heterocycles. The summed E-state index contributed by atoms with van der Waals surface area (Å²) in [6.07, 6.45) is -0.0119. The molecule has 0 saturated carbocycles. The van der Waals surface area contributed by atoms with Gasteiger partial charge < -0.3 is 9.84 Å². The fraction of sp³-hybridized carbons (Fsp3) is 0.222. The smallest absolute Gasteiger partial charge is 0.310 e. The Morgan fingerprint density at radius 3 is 2.85 bits per heavy atom. The average molecular weight is 201 g/mol. The van der Waals surface area contributed by atoms with E-state index in [1.807, 2.05) is 0 Å². The van der Waals surface area contributed by atoms with E-state index in [0.717, 1.165) is 0 Å². The van der Waals surface area contributed by atoms with Crippen LogP contribution in [0, 0.1) is 0 Å². The number of aromatic hydroxyl groups is 1. The van der Waals surface area contributed by atoms with Gasteiger partial charge >= 0.3 is 5.97 Å². The Morgan fingerprint density at radius 2 is 2.31 bits per heavy atom. The summed E-state index contributed by atoms with van der Waals surface area (Å²) in [5.74, 6) is -0.415. The monoisotopic (exact) mass is 200 g/mol. The minimum Gasteiger partial charge on any atom is -0.508 e. The molecule has 0 saturated heterocycles. The van der Waals surface area contributed by atoms with Crippen LogP contribution in [-0.2, 0) is 16.0 Å². The van der Waals surface area contributed by atoms with Gasteiger partial charge in [0, 0.05) is 10.6 Å². The summed E-state index contributed by atoms with van der Waals surface area (Å²) < 4.78 is 4.46. The SMILES string of the molecule is COC(=O)Cc1c(O)cccc1Cl. The summed E-state index contributed by atoms with van der Waals surface area (Å²) in [4.78, 5) is 10.9. The van der Waals surface area contributed by atoms with E-state index in [4.69, 9.17) is 11.6 Å². The van der Waals surface area contributed by atoms with Crippen LogP contribution >= 0.6 is 11.6 Å². The van der Waals surface area contributed by atoms with Gasteiger partial charge in [-0.2, -0.15) is 0 Å². The van der Waals surface area contributed by atoms with Crippen LogP contribution in [0.3, 0.4) is 0 Å². The van der Waals surface area contributed by atoms with Crippen molar-refractivity contribution in [2.24, 2.45) is 0 Å². The molecule has 0 heterocycles. The number of phenols is 1. The summed E-state index contributed by atoms with van der Waals surface area (Å²) in [6, 6.07) is 4.70. The summed E-state index contributed by atoms with van der Waals surface area (Å²) >= 11 is 5.76. The van der Waals surface area contributed by atoms with Crippen LogP contribution in [0.4, 0.5) is 0 Å². The second-order valence-corrected chi connectivity index (χ2v) is 2.90. The number of carbonyl (C=O) groups excluding carboxylic acids is 1. The standard InChI is InChI=1S/C9H9ClO3/c1-13-9(12)5-6-7(10)3-2-4-8(6)11/h2-4,11H,5H2,1H3. The van der Waals surface area contributed by atoms with Gasteiger partial charge in [-0.3, -0.25) is 4.79 Å². The second kappa shape index (κ2) is 4.14. The van der Waals surface area contributed by atoms with Gasteiger partial charge in [0.1, 0.15) is 5.75 Å². The zero-order valence-electron chi connectivity index (χ0n) is 7.08. The molecule has 1 N–H and O–H groups in total. The molecule has 1 aromatic rings. The van der Waals surface area contributed by atoms with E-state index in [2.05, 4.69) is 4.74 Å². The molecule has 0 radical (unpaired) electrons. The molecule has 0 unspecified atom stereocenters. The number of rotatable bonds is 2. The van der Waals surface area contributed by atoms with E-state index in [0.29, 0.717) is 10.6 Å². The highest BCUT2D eigenvalue weighted by Gasteiger charge is 2.10. The maximum Gasteiger partial charge on any atom is 0.310 e. The number of halogens is 1. The fourth-order valence-electron chi connectivity index (χ4n) is 0.939. The second-order valence-electron chi connectivity index (χ2n) is 2.49. The maximum atomic E-state index is 10.9. The lowest BCUT2D eigenvalue weighted by Gasteiger charge is -2.04. The van der Waals surface area contributed by atoms with Gasteiger partial charge in [-0.15, -0.1) is 0 Å². The Hall–Kier alpha value is -1.22. The van der Waals surface area contributed by atoms with E-state index in [1.165, 1.54) is 13.2 Å². The predicted octanol–water partition coefficient (Wildman–Crippen LogP) is 1.76. The molecule has 0 amide bonds. The number of ether oxygens (including phenoxy) is 1. The lowest BCUT2D eigenvalue weighted by molar-refractivity contribution is -0.139. The van der Waals surface area contributed by atoms with Crippen molar-refractivity contribution in [2.75, 3.05) is 7.11 Å². The Kier molecular flexibility index (Phi) is 3.14. The van der Waals surface area contributed by atoms with Crippen LogP contribution in [0.2, 0.25) is 5.02 Å². The van der Waals surface area contributed by atoms with E-state index in [9.17, 15) is 9.90 Å². The molecule has 3 nitrogen and oxygen atoms in total. The van der Waals surface area contributed by atoms with Crippen molar-refractivity contribution in [1.82, 2.24) is 0 Å². The summed E-state index contributed by atoms with van der Waals surface area (Å²) in [5, 5.41) is 9.71. The minimum absolute atomic E-state index is 0.0119. The van der Waals surface area contributed by atoms with Crippen molar-refractivity contribution < 1.29 is 14.6 Å². The first-order valence-electron chi connectivity index (χ1n) is 3.68. The van der Waals surface area contributed by atoms with Gasteiger partial charge in [0.15, 0.2) is 0 Å². The molecule has 0 bridgehead atoms. The van der Waals surface area contributed by atoms with Crippen LogP contribution in [0.25, 0.3) is 0 Å². The predicted molar refractivity (Wildman–Crippen MR) is 48.8 cm³/mol. The van der Waals surface area contributed by atoms with Crippen molar-refractivity contribution in [2.45, 2.75) is 6.42 Å². The molecular weight excluding hydrogens is 192 g/mol. The zero-order valence-corrected chi connectivity index (χ0v) is 7.84. The van der Waals surface area contributed by atoms with Crippen LogP contribution in [-0.4, -0.2) is 18.2 Å². The lowest BCUT2D eigenvalue weighted by atomic mass is 10.1. The molecule has 13 heavy (non-hydrogen) atoms. The summed E-state index contributed by atoms with van der Waals surface area (Å²) in [5.41, 5.74) is 0.399. The Labute approximate surface area is 80.9 Å². The molecular formula is C9H9ClO3. The van der Waals surface area contributed by atoms with Crippen molar-refractivity contribution >= 4 is 17.6 Å². The average Bonchev–Trinajstić information content (AvgIpc) is 2.11. The third-order valence-corrected chi connectivity index (χ3v) is 2.00. The number of benzene rings is 1. The highest BCUT2D eigenvalue weighted by Crippen LogP contribution is 2.25. The Bertz CT molecular complexity index is 302. The van der Waals surface area contributed by atoms with Crippen molar-refractivity contribution in [1.29, 1.82) is 0 Å². The van der Waals surface area contributed by atoms with Gasteiger partial charge in [-0.1, -0.05) is 17.7 Å². The molecule has 0 atom stereocenters. The van der Waals surface area contributed by atoms with Crippen LogP contribution < -0.4 is 0 Å². The van der Waals surface area contributed by atoms with Crippen LogP contribution in [0.1, 0.15) is 5.56 Å². The number of hydrogen-bond acceptors (Lipinski definition) is 3. The highest BCUT2D eigenvalue weighted by atomic mass is 35.5. The first kappa shape index (κ1) is 9.86. The third-order valence-electron chi connectivity index (χ3n) is 1.64. The molecule has 4 heteroatoms. The Morgan fingerprint density at radius 1 is 1.62 bits per heavy atom. The molecule has 0 aromatic heterocycles. The van der Waals surface area contributed by atoms with Gasteiger partial charge in [-0.05, 0) is 12.1 Å². The lowest BCUT2D eigenvalue weighted by Crippen LogP contribution is -2.04. The first-order valence-corrected chi connectivity index (χ1v) is 4.06. The number of hydrogen-bond donors (Lipinski definition) is 1. The number of carbonyl (C=O) groups is 1. The summed E-state index contributed by atoms with van der Waals surface area (Å²) in [6.45, 7) is 0. The van der Waals surface area contributed by atoms with E-state index in [1.54, 1.807) is 12.1 Å². The van der Waals surface area contributed by atoms with Gasteiger partial charge in [-0.25, -0.2) is 0 Å². The van der Waals surface area contributed by atoms with Gasteiger partial charge in [0.05, 0.1) is 13.5 Å². The largest absolute Gasteiger partial charge is 0.508 e. The number of esters is 1. The third kappa shape index (κ3) is 2.36. The molecule has 1 rings (SSSR count). The normalized spacial score (nSPS) is 9.69. The van der Waals surface area contributed by atoms with E-state index < -0.39 is 5.97 Å². The van der Waals surface area contributed by atoms with E-state index >= 15 is 0 Å². The molecule has 0 fully saturated rings. The molecule has 70 valence electrons. The van der Waals surface area contributed by atoms with Crippen molar-refractivity contribution in [3.8, 4) is 5.75 Å². The topological polar surface area (TPSA) is 46.5 Å². The highest BCUT2D eigenvalue weighted by molar-refractivity contribution is 6.31. The van der Waals surface area contributed by atoms with Crippen molar-refractivity contribution in [3.05, 3.63) is 28.8 Å². The molecule has 0 spiro atoms. The summed E-state index contributed by atoms with van der Waals surface area (Å²) in [7, 11) is 1.29. The van der Waals surface area contributed by atoms with Crippen LogP contribution in [0.15, 0.2) is 18.2 Å². The molecule has 0 aliphatic rings. The van der Waals surface area contributed by atoms with Gasteiger partial charge in [0.25, 0.3) is 0 Å². The molecule has 1 aromatic carbocycles. The van der Waals surface area contributed by atoms with E-state index in [-0.39, 0.29) is 12.2 Å². The zero-order chi connectivity index (χ0) is 9.84. The van der Waals surface area contributed by atoms with Crippen LogP contribution in [0.5, 0.6) is 5.75 Å². The molecule has 0 aliphatic carbocycles. The minimum atomic E-state index is -0.427. The number of phenolic OH excluding ortho intramolecular Hbond substituents is 1. The maximum absolute atomic E-state index is 10.9.